The minimum Gasteiger partial charge on any atom is -0.456 e. The molecule has 12 rings (SSSR count). The zero-order chi connectivity index (χ0) is 33.2. The molecule has 51 heavy (non-hydrogen) atoms. The van der Waals surface area contributed by atoms with Crippen molar-refractivity contribution in [3.63, 3.8) is 0 Å². The normalized spacial score (nSPS) is 12.3. The summed E-state index contributed by atoms with van der Waals surface area (Å²) in [5.74, 6) is 0. The maximum atomic E-state index is 6.97. The van der Waals surface area contributed by atoms with E-state index in [9.17, 15) is 0 Å². The largest absolute Gasteiger partial charge is 0.456 e. The van der Waals surface area contributed by atoms with Gasteiger partial charge in [-0.25, -0.2) is 0 Å². The van der Waals surface area contributed by atoms with Gasteiger partial charge in [-0.05, 0) is 69.1 Å². The van der Waals surface area contributed by atoms with E-state index in [2.05, 4.69) is 156 Å². The summed E-state index contributed by atoms with van der Waals surface area (Å²) >= 11 is 0. The van der Waals surface area contributed by atoms with Crippen molar-refractivity contribution in [1.82, 2.24) is 4.57 Å². The van der Waals surface area contributed by atoms with E-state index < -0.39 is 0 Å². The topological polar surface area (TPSA) is 31.2 Å². The first-order valence-corrected chi connectivity index (χ1v) is 17.4. The zero-order valence-electron chi connectivity index (χ0n) is 27.4. The summed E-state index contributed by atoms with van der Waals surface area (Å²) in [7, 11) is 0. The molecular formula is C48H27NO2. The van der Waals surface area contributed by atoms with Gasteiger partial charge in [-0.15, -0.1) is 0 Å². The highest BCUT2D eigenvalue weighted by Gasteiger charge is 2.25. The van der Waals surface area contributed by atoms with E-state index in [4.69, 9.17) is 8.83 Å². The van der Waals surface area contributed by atoms with E-state index in [1.165, 1.54) is 43.1 Å². The molecule has 0 saturated carbocycles. The molecule has 3 heteroatoms. The van der Waals surface area contributed by atoms with E-state index in [1.54, 1.807) is 0 Å². The third-order valence-corrected chi connectivity index (χ3v) is 11.0. The highest BCUT2D eigenvalue weighted by molar-refractivity contribution is 6.44. The Kier molecular flexibility index (Phi) is 5.23. The van der Waals surface area contributed by atoms with Crippen molar-refractivity contribution in [3.8, 4) is 16.8 Å². The maximum absolute atomic E-state index is 6.97. The van der Waals surface area contributed by atoms with Crippen LogP contribution in [0.3, 0.4) is 0 Å². The Morgan fingerprint density at radius 2 is 0.863 bits per heavy atom. The summed E-state index contributed by atoms with van der Waals surface area (Å²) in [5.41, 5.74) is 9.24. The van der Waals surface area contributed by atoms with Crippen LogP contribution in [0, 0.1) is 0 Å². The fourth-order valence-corrected chi connectivity index (χ4v) is 8.90. The van der Waals surface area contributed by atoms with Crippen LogP contribution in [-0.2, 0) is 0 Å². The lowest BCUT2D eigenvalue weighted by Crippen LogP contribution is -1.95. The molecular weight excluding hydrogens is 623 g/mol. The number of furan rings is 2. The summed E-state index contributed by atoms with van der Waals surface area (Å²) in [5, 5.41) is 14.5. The molecule has 0 aliphatic carbocycles. The van der Waals surface area contributed by atoms with Gasteiger partial charge in [0.25, 0.3) is 0 Å². The SMILES string of the molecule is c1ccc2c(c1)oc1cccc(-c3ccc(-n4c5ccccc5c5c6c7ccccc7c7ccccc7c6c6c7ccccc7oc6c54)cc3)c12. The number of benzene rings is 9. The maximum Gasteiger partial charge on any atom is 0.160 e. The first-order chi connectivity index (χ1) is 25.3. The van der Waals surface area contributed by atoms with Gasteiger partial charge in [0.15, 0.2) is 5.58 Å². The van der Waals surface area contributed by atoms with Crippen LogP contribution in [0.25, 0.3) is 115 Å². The summed E-state index contributed by atoms with van der Waals surface area (Å²) < 4.78 is 15.6. The molecule has 3 heterocycles. The van der Waals surface area contributed by atoms with E-state index in [-0.39, 0.29) is 0 Å². The molecule has 3 nitrogen and oxygen atoms in total. The van der Waals surface area contributed by atoms with Crippen molar-refractivity contribution >= 4 is 98.0 Å². The van der Waals surface area contributed by atoms with Crippen LogP contribution >= 0.6 is 0 Å². The van der Waals surface area contributed by atoms with Gasteiger partial charge in [-0.3, -0.25) is 0 Å². The van der Waals surface area contributed by atoms with Crippen LogP contribution < -0.4 is 0 Å². The summed E-state index contributed by atoms with van der Waals surface area (Å²) in [6.45, 7) is 0. The van der Waals surface area contributed by atoms with Crippen LogP contribution in [0.5, 0.6) is 0 Å². The van der Waals surface area contributed by atoms with Crippen molar-refractivity contribution in [2.45, 2.75) is 0 Å². The lowest BCUT2D eigenvalue weighted by Gasteiger charge is -2.14. The molecule has 0 amide bonds. The smallest absolute Gasteiger partial charge is 0.160 e. The van der Waals surface area contributed by atoms with Crippen LogP contribution in [0.2, 0.25) is 0 Å². The fourth-order valence-electron chi connectivity index (χ4n) is 8.90. The van der Waals surface area contributed by atoms with E-state index in [0.29, 0.717) is 0 Å². The van der Waals surface area contributed by atoms with E-state index >= 15 is 0 Å². The average molecular weight is 650 g/mol. The van der Waals surface area contributed by atoms with Gasteiger partial charge in [0, 0.05) is 48.8 Å². The molecule has 0 saturated heterocycles. The molecule has 236 valence electrons. The van der Waals surface area contributed by atoms with Crippen molar-refractivity contribution in [2.75, 3.05) is 0 Å². The van der Waals surface area contributed by atoms with E-state index in [0.717, 1.165) is 71.7 Å². The molecule has 0 aliphatic rings. The predicted octanol–water partition coefficient (Wildman–Crippen LogP) is 13.7. The molecule has 0 atom stereocenters. The second kappa shape index (κ2) is 9.87. The van der Waals surface area contributed by atoms with Crippen LogP contribution in [0.4, 0.5) is 0 Å². The Hall–Kier alpha value is -6.84. The molecule has 12 aromatic rings. The summed E-state index contributed by atoms with van der Waals surface area (Å²) in [6, 6.07) is 58.6. The van der Waals surface area contributed by atoms with E-state index in [1.807, 2.05) is 12.1 Å². The van der Waals surface area contributed by atoms with Gasteiger partial charge in [-0.2, -0.15) is 0 Å². The van der Waals surface area contributed by atoms with Crippen molar-refractivity contribution < 1.29 is 8.83 Å². The Bertz CT molecular complexity index is 3410. The fraction of sp³-hybridized carbons (Fsp3) is 0. The standard InChI is InChI=1S/C48H27NO2/c1-3-14-33-31(12-1)32-13-2-4-15-34(32)44-43(33)45-35-16-5-8-20-38(35)49(47(45)48-46(44)37-18-7-10-22-40(37)51-48)29-26-24-28(25-27-29)30-19-11-23-41-42(30)36-17-6-9-21-39(36)50-41/h1-27H. The Balaban J connectivity index is 1.24. The van der Waals surface area contributed by atoms with Gasteiger partial charge in [0.2, 0.25) is 0 Å². The number of aromatic nitrogens is 1. The van der Waals surface area contributed by atoms with Gasteiger partial charge < -0.3 is 13.4 Å². The number of para-hydroxylation sites is 3. The first kappa shape index (κ1) is 27.0. The average Bonchev–Trinajstić information content (AvgIpc) is 3.88. The minimum atomic E-state index is 0.895. The number of hydrogen-bond donors (Lipinski definition) is 0. The van der Waals surface area contributed by atoms with Gasteiger partial charge >= 0.3 is 0 Å². The lowest BCUT2D eigenvalue weighted by atomic mass is 9.89. The number of nitrogens with zero attached hydrogens (tertiary/aromatic N) is 1. The number of hydrogen-bond acceptors (Lipinski definition) is 2. The zero-order valence-corrected chi connectivity index (χ0v) is 27.4. The molecule has 0 fully saturated rings. The third kappa shape index (κ3) is 3.52. The molecule has 0 unspecified atom stereocenters. The molecule has 9 aromatic carbocycles. The number of fused-ring (bicyclic) bond motifs is 18. The molecule has 0 spiro atoms. The molecule has 0 aliphatic heterocycles. The highest BCUT2D eigenvalue weighted by Crippen LogP contribution is 2.50. The third-order valence-electron chi connectivity index (χ3n) is 11.0. The summed E-state index contributed by atoms with van der Waals surface area (Å²) in [6.07, 6.45) is 0. The molecule has 0 N–H and O–H groups in total. The second-order valence-corrected chi connectivity index (χ2v) is 13.5. The minimum absolute atomic E-state index is 0.895. The lowest BCUT2D eigenvalue weighted by molar-refractivity contribution is 0.669. The quantitative estimate of drug-likeness (QED) is 0.175. The van der Waals surface area contributed by atoms with Gasteiger partial charge in [0.1, 0.15) is 16.7 Å². The van der Waals surface area contributed by atoms with Crippen molar-refractivity contribution in [3.05, 3.63) is 164 Å². The van der Waals surface area contributed by atoms with Crippen LogP contribution in [0.1, 0.15) is 0 Å². The number of rotatable bonds is 2. The molecule has 3 aromatic heterocycles. The van der Waals surface area contributed by atoms with Crippen molar-refractivity contribution in [2.24, 2.45) is 0 Å². The highest BCUT2D eigenvalue weighted by atomic mass is 16.3. The Morgan fingerprint density at radius 3 is 1.57 bits per heavy atom. The second-order valence-electron chi connectivity index (χ2n) is 13.5. The van der Waals surface area contributed by atoms with Gasteiger partial charge in [-0.1, -0.05) is 127 Å². The predicted molar refractivity (Wildman–Crippen MR) is 213 cm³/mol. The Labute approximate surface area is 291 Å². The first-order valence-electron chi connectivity index (χ1n) is 17.4. The van der Waals surface area contributed by atoms with Crippen LogP contribution in [-0.4, -0.2) is 4.57 Å². The van der Waals surface area contributed by atoms with Gasteiger partial charge in [0.05, 0.1) is 11.0 Å². The van der Waals surface area contributed by atoms with Crippen LogP contribution in [0.15, 0.2) is 173 Å². The monoisotopic (exact) mass is 649 g/mol. The summed E-state index contributed by atoms with van der Waals surface area (Å²) in [4.78, 5) is 0. The molecule has 0 bridgehead atoms. The molecule has 0 radical (unpaired) electrons. The Morgan fingerprint density at radius 1 is 0.333 bits per heavy atom. The van der Waals surface area contributed by atoms with Crippen molar-refractivity contribution in [1.29, 1.82) is 0 Å².